The first kappa shape index (κ1) is 37.2. The van der Waals surface area contributed by atoms with Crippen molar-refractivity contribution in [2.75, 3.05) is 13.1 Å². The van der Waals surface area contributed by atoms with E-state index in [0.717, 1.165) is 12.8 Å². The molecule has 0 saturated heterocycles. The van der Waals surface area contributed by atoms with Crippen molar-refractivity contribution in [3.8, 4) is 0 Å². The van der Waals surface area contributed by atoms with Gasteiger partial charge in [0.15, 0.2) is 0 Å². The van der Waals surface area contributed by atoms with Crippen LogP contribution in [0.4, 0.5) is 0 Å². The summed E-state index contributed by atoms with van der Waals surface area (Å²) in [4.78, 5) is 0. The molecule has 0 amide bonds. The van der Waals surface area contributed by atoms with E-state index >= 15 is 0 Å². The molecule has 0 aliphatic carbocycles. The number of unbranched alkanes of at least 4 members (excludes halogenated alkanes) is 18. The molecule has 4 heteroatoms. The molecule has 0 aliphatic rings. The zero-order valence-electron chi connectivity index (χ0n) is 20.6. The Balaban J connectivity index is -0.000000192. The Morgan fingerprint density at radius 2 is 0.500 bits per heavy atom. The third-order valence-electron chi connectivity index (χ3n) is 5.06. The quantitative estimate of drug-likeness (QED) is 0.214. The van der Waals surface area contributed by atoms with Gasteiger partial charge >= 0.3 is 59.1 Å². The van der Waals surface area contributed by atoms with Gasteiger partial charge < -0.3 is 11.5 Å². The molecule has 0 aromatic heterocycles. The van der Waals surface area contributed by atoms with Crippen LogP contribution in [-0.4, -0.2) is 13.1 Å². The number of hydrogen-bond donors (Lipinski definition) is 0. The zero-order valence-corrected chi connectivity index (χ0v) is 24.6. The van der Waals surface area contributed by atoms with Crippen LogP contribution >= 0.6 is 0 Å². The largest absolute Gasteiger partial charge is 1.00 e. The van der Waals surface area contributed by atoms with Gasteiger partial charge in [0, 0.05) is 0 Å². The Kier molecular flexibility index (Phi) is 52.4. The molecule has 0 atom stereocenters. The predicted octanol–water partition coefficient (Wildman–Crippen LogP) is 3.93. The fourth-order valence-electron chi connectivity index (χ4n) is 3.22. The fraction of sp³-hybridized carbons (Fsp3) is 1.00. The maximum absolute atomic E-state index is 7.00. The Labute approximate surface area is 224 Å². The molecule has 0 aliphatic heterocycles. The van der Waals surface area contributed by atoms with Gasteiger partial charge in [-0.15, -0.1) is 0 Å². The van der Waals surface area contributed by atoms with Crippen LogP contribution in [0.1, 0.15) is 142 Å². The van der Waals surface area contributed by atoms with E-state index < -0.39 is 0 Å². The van der Waals surface area contributed by atoms with Crippen LogP contribution in [0.25, 0.3) is 11.5 Å². The first-order valence-electron chi connectivity index (χ1n) is 12.1. The molecule has 0 heterocycles. The molecule has 0 saturated carbocycles. The molecule has 160 valence electrons. The SMILES string of the molecule is CCCCCCCCCCCC[NH-].CCCCCCCCCCCC[NH-].[Na+].[Na+]. The van der Waals surface area contributed by atoms with E-state index in [1.165, 1.54) is 116 Å². The second-order valence-corrected chi connectivity index (χ2v) is 7.86. The second-order valence-electron chi connectivity index (χ2n) is 7.86. The van der Waals surface area contributed by atoms with Gasteiger partial charge in [-0.25, -0.2) is 0 Å². The van der Waals surface area contributed by atoms with Crippen LogP contribution in [0.3, 0.4) is 0 Å². The summed E-state index contributed by atoms with van der Waals surface area (Å²) in [6.45, 7) is 5.77. The van der Waals surface area contributed by atoms with Crippen molar-refractivity contribution in [1.29, 1.82) is 0 Å². The number of rotatable bonds is 20. The van der Waals surface area contributed by atoms with Crippen LogP contribution in [0.5, 0.6) is 0 Å². The van der Waals surface area contributed by atoms with E-state index in [-0.39, 0.29) is 59.1 Å². The Morgan fingerprint density at radius 1 is 0.321 bits per heavy atom. The maximum atomic E-state index is 7.00. The van der Waals surface area contributed by atoms with E-state index in [9.17, 15) is 0 Å². The van der Waals surface area contributed by atoms with E-state index in [2.05, 4.69) is 13.8 Å². The summed E-state index contributed by atoms with van der Waals surface area (Å²) in [5, 5.41) is 0. The summed E-state index contributed by atoms with van der Waals surface area (Å²) >= 11 is 0. The van der Waals surface area contributed by atoms with Gasteiger partial charge in [-0.1, -0.05) is 142 Å². The summed E-state index contributed by atoms with van der Waals surface area (Å²) < 4.78 is 0. The minimum Gasteiger partial charge on any atom is -0.677 e. The van der Waals surface area contributed by atoms with Crippen molar-refractivity contribution in [1.82, 2.24) is 0 Å². The standard InChI is InChI=1S/2C12H26N.2Na/c2*1-2-3-4-5-6-7-8-9-10-11-12-13;;/h2*13H,2-12H2,1H3;;/q2*-1;2*+1. The van der Waals surface area contributed by atoms with Gasteiger partial charge in [0.05, 0.1) is 0 Å². The van der Waals surface area contributed by atoms with Crippen LogP contribution in [0.15, 0.2) is 0 Å². The molecule has 0 fully saturated rings. The molecule has 0 bridgehead atoms. The third kappa shape index (κ3) is 42.1. The van der Waals surface area contributed by atoms with Crippen molar-refractivity contribution in [3.63, 3.8) is 0 Å². The third-order valence-corrected chi connectivity index (χ3v) is 5.06. The van der Waals surface area contributed by atoms with Crippen LogP contribution in [0.2, 0.25) is 0 Å². The van der Waals surface area contributed by atoms with Crippen molar-refractivity contribution in [2.24, 2.45) is 0 Å². The molecule has 0 aromatic carbocycles. The summed E-state index contributed by atoms with van der Waals surface area (Å²) in [6.07, 6.45) is 27.2. The Morgan fingerprint density at radius 3 is 0.679 bits per heavy atom. The molecular formula is C24H52N2Na2. The predicted molar refractivity (Wildman–Crippen MR) is 122 cm³/mol. The van der Waals surface area contributed by atoms with Crippen LogP contribution < -0.4 is 59.1 Å². The first-order valence-corrected chi connectivity index (χ1v) is 12.1. The van der Waals surface area contributed by atoms with Crippen molar-refractivity contribution >= 4 is 0 Å². The summed E-state index contributed by atoms with van der Waals surface area (Å²) in [7, 11) is 0. The van der Waals surface area contributed by atoms with E-state index in [4.69, 9.17) is 11.5 Å². The van der Waals surface area contributed by atoms with Gasteiger partial charge in [0.25, 0.3) is 0 Å². The summed E-state index contributed by atoms with van der Waals surface area (Å²) in [6, 6.07) is 0. The second kappa shape index (κ2) is 39.4. The average molecular weight is 415 g/mol. The minimum absolute atomic E-state index is 0. The van der Waals surface area contributed by atoms with Crippen molar-refractivity contribution < 1.29 is 59.1 Å². The van der Waals surface area contributed by atoms with E-state index in [1.807, 2.05) is 0 Å². The molecule has 0 unspecified atom stereocenters. The average Bonchev–Trinajstić information content (AvgIpc) is 2.66. The monoisotopic (exact) mass is 414 g/mol. The topological polar surface area (TPSA) is 47.6 Å². The Hall–Kier alpha value is 1.92. The molecular weight excluding hydrogens is 362 g/mol. The van der Waals surface area contributed by atoms with Crippen molar-refractivity contribution in [3.05, 3.63) is 11.5 Å². The molecule has 0 aromatic rings. The minimum atomic E-state index is 0. The van der Waals surface area contributed by atoms with Gasteiger partial charge in [-0.3, -0.25) is 0 Å². The van der Waals surface area contributed by atoms with Crippen molar-refractivity contribution in [2.45, 2.75) is 142 Å². The number of hydrogen-bond acceptors (Lipinski definition) is 0. The normalized spacial score (nSPS) is 9.86. The maximum Gasteiger partial charge on any atom is 1.00 e. The molecule has 2 N–H and O–H groups in total. The first-order chi connectivity index (χ1) is 12.8. The van der Waals surface area contributed by atoms with Crippen LogP contribution in [-0.2, 0) is 0 Å². The van der Waals surface area contributed by atoms with Gasteiger partial charge in [0.2, 0.25) is 0 Å². The molecule has 0 spiro atoms. The summed E-state index contributed by atoms with van der Waals surface area (Å²) in [5.74, 6) is 0. The Bertz CT molecular complexity index is 175. The smallest absolute Gasteiger partial charge is 0.677 e. The van der Waals surface area contributed by atoms with Crippen LogP contribution in [0, 0.1) is 0 Å². The van der Waals surface area contributed by atoms with E-state index in [0.29, 0.717) is 13.1 Å². The van der Waals surface area contributed by atoms with E-state index in [1.54, 1.807) is 0 Å². The molecule has 2 nitrogen and oxygen atoms in total. The zero-order chi connectivity index (χ0) is 19.6. The van der Waals surface area contributed by atoms with Gasteiger partial charge in [-0.2, -0.15) is 13.1 Å². The van der Waals surface area contributed by atoms with Gasteiger partial charge in [0.1, 0.15) is 0 Å². The molecule has 0 rings (SSSR count). The molecule has 0 radical (unpaired) electrons. The molecule has 28 heavy (non-hydrogen) atoms. The number of nitrogens with one attached hydrogen (secondary N) is 2. The van der Waals surface area contributed by atoms with Gasteiger partial charge in [-0.05, 0) is 0 Å². The summed E-state index contributed by atoms with van der Waals surface area (Å²) in [5.41, 5.74) is 14.0. The fourth-order valence-corrected chi connectivity index (χ4v) is 3.22.